The number of hydrogen-bond acceptors (Lipinski definition) is 2. The predicted molar refractivity (Wildman–Crippen MR) is 104 cm³/mol. The van der Waals surface area contributed by atoms with Crippen LogP contribution in [0.5, 0.6) is 5.75 Å². The Morgan fingerprint density at radius 1 is 1.16 bits per heavy atom. The van der Waals surface area contributed by atoms with Crippen molar-refractivity contribution in [2.75, 3.05) is 6.61 Å². The number of carbonyl (C=O) groups is 1. The molecule has 0 heterocycles. The van der Waals surface area contributed by atoms with Gasteiger partial charge in [-0.15, -0.1) is 0 Å². The maximum Gasteiger partial charge on any atom is 0.258 e. The molecular weight excluding hydrogens is 378 g/mol. The first-order valence-corrected chi connectivity index (χ1v) is 9.45. The van der Waals surface area contributed by atoms with Crippen LogP contribution in [0.15, 0.2) is 46.9 Å². The van der Waals surface area contributed by atoms with Crippen LogP contribution in [-0.2, 0) is 10.2 Å². The van der Waals surface area contributed by atoms with E-state index < -0.39 is 0 Å². The van der Waals surface area contributed by atoms with Crippen LogP contribution in [0.1, 0.15) is 36.5 Å². The minimum Gasteiger partial charge on any atom is -0.484 e. The second kappa shape index (κ2) is 7.20. The van der Waals surface area contributed by atoms with Gasteiger partial charge >= 0.3 is 0 Å². The average Bonchev–Trinajstić information content (AvgIpc) is 3.38. The van der Waals surface area contributed by atoms with Crippen molar-refractivity contribution in [3.05, 3.63) is 63.6 Å². The van der Waals surface area contributed by atoms with Crippen molar-refractivity contribution in [3.63, 3.8) is 0 Å². The van der Waals surface area contributed by atoms with Crippen LogP contribution in [0.4, 0.5) is 0 Å². The molecule has 3 nitrogen and oxygen atoms in total. The number of rotatable bonds is 6. The number of carbonyl (C=O) groups excluding carboxylic acids is 1. The molecule has 132 valence electrons. The zero-order chi connectivity index (χ0) is 18.0. The summed E-state index contributed by atoms with van der Waals surface area (Å²) in [5, 5.41) is 3.12. The van der Waals surface area contributed by atoms with Gasteiger partial charge in [-0.05, 0) is 74.6 Å². The molecule has 1 fully saturated rings. The summed E-state index contributed by atoms with van der Waals surface area (Å²) in [5.41, 5.74) is 3.74. The maximum atomic E-state index is 12.3. The SMILES string of the molecule is Cc1ccc(OCC(=O)NC(C)C2(c3ccc(Br)cc3)CC2)cc1C. The predicted octanol–water partition coefficient (Wildman–Crippen LogP) is 4.68. The first kappa shape index (κ1) is 18.0. The normalized spacial score (nSPS) is 16.2. The molecule has 0 aliphatic heterocycles. The van der Waals surface area contributed by atoms with Crippen LogP contribution >= 0.6 is 15.9 Å². The minimum atomic E-state index is -0.0749. The Balaban J connectivity index is 1.57. The van der Waals surface area contributed by atoms with Gasteiger partial charge in [0.1, 0.15) is 5.75 Å². The summed E-state index contributed by atoms with van der Waals surface area (Å²) in [4.78, 5) is 12.3. The lowest BCUT2D eigenvalue weighted by Crippen LogP contribution is -2.43. The summed E-state index contributed by atoms with van der Waals surface area (Å²) >= 11 is 3.48. The van der Waals surface area contributed by atoms with Crippen molar-refractivity contribution in [2.45, 2.75) is 45.1 Å². The van der Waals surface area contributed by atoms with Gasteiger partial charge in [0, 0.05) is 15.9 Å². The van der Waals surface area contributed by atoms with Gasteiger partial charge in [-0.25, -0.2) is 0 Å². The Bertz CT molecular complexity index is 766. The summed E-state index contributed by atoms with van der Waals surface area (Å²) in [6.45, 7) is 6.23. The fraction of sp³-hybridized carbons (Fsp3) is 0.381. The van der Waals surface area contributed by atoms with Crippen molar-refractivity contribution in [2.24, 2.45) is 0 Å². The van der Waals surface area contributed by atoms with E-state index in [9.17, 15) is 4.79 Å². The quantitative estimate of drug-likeness (QED) is 0.762. The van der Waals surface area contributed by atoms with E-state index in [4.69, 9.17) is 4.74 Å². The number of ether oxygens (including phenoxy) is 1. The van der Waals surface area contributed by atoms with Crippen molar-refractivity contribution in [1.82, 2.24) is 5.32 Å². The van der Waals surface area contributed by atoms with Gasteiger partial charge in [-0.2, -0.15) is 0 Å². The van der Waals surface area contributed by atoms with Crippen LogP contribution in [0, 0.1) is 13.8 Å². The van der Waals surface area contributed by atoms with Crippen molar-refractivity contribution in [3.8, 4) is 5.75 Å². The highest BCUT2D eigenvalue weighted by Crippen LogP contribution is 2.51. The van der Waals surface area contributed by atoms with E-state index in [0.717, 1.165) is 23.1 Å². The monoisotopic (exact) mass is 401 g/mol. The first-order chi connectivity index (χ1) is 11.9. The van der Waals surface area contributed by atoms with E-state index in [1.54, 1.807) is 0 Å². The molecule has 0 spiro atoms. The highest BCUT2D eigenvalue weighted by Gasteiger charge is 2.49. The molecule has 0 bridgehead atoms. The molecule has 25 heavy (non-hydrogen) atoms. The molecule has 1 saturated carbocycles. The van der Waals surface area contributed by atoms with Gasteiger partial charge in [-0.3, -0.25) is 4.79 Å². The van der Waals surface area contributed by atoms with E-state index >= 15 is 0 Å². The van der Waals surface area contributed by atoms with Crippen LogP contribution in [0.3, 0.4) is 0 Å². The molecule has 1 unspecified atom stereocenters. The smallest absolute Gasteiger partial charge is 0.258 e. The molecule has 0 aromatic heterocycles. The molecule has 0 saturated heterocycles. The number of halogens is 1. The summed E-state index contributed by atoms with van der Waals surface area (Å²) in [6.07, 6.45) is 2.21. The van der Waals surface area contributed by atoms with E-state index in [0.29, 0.717) is 0 Å². The third kappa shape index (κ3) is 4.06. The number of benzene rings is 2. The number of aryl methyl sites for hydroxylation is 2. The maximum absolute atomic E-state index is 12.3. The number of hydrogen-bond donors (Lipinski definition) is 1. The largest absolute Gasteiger partial charge is 0.484 e. The molecule has 3 rings (SSSR count). The van der Waals surface area contributed by atoms with Gasteiger partial charge in [-0.1, -0.05) is 34.1 Å². The molecule has 1 atom stereocenters. The van der Waals surface area contributed by atoms with Crippen LogP contribution < -0.4 is 10.1 Å². The lowest BCUT2D eigenvalue weighted by atomic mass is 9.89. The second-order valence-electron chi connectivity index (χ2n) is 6.99. The van der Waals surface area contributed by atoms with E-state index in [1.165, 1.54) is 16.7 Å². The summed E-state index contributed by atoms with van der Waals surface area (Å²) in [5.74, 6) is 0.661. The Morgan fingerprint density at radius 2 is 1.84 bits per heavy atom. The Hall–Kier alpha value is -1.81. The highest BCUT2D eigenvalue weighted by atomic mass is 79.9. The molecule has 2 aromatic rings. The van der Waals surface area contributed by atoms with E-state index in [-0.39, 0.29) is 24.0 Å². The second-order valence-corrected chi connectivity index (χ2v) is 7.90. The van der Waals surface area contributed by atoms with E-state index in [1.807, 2.05) is 25.1 Å². The minimum absolute atomic E-state index is 0.0449. The van der Waals surface area contributed by atoms with Gasteiger partial charge in [0.15, 0.2) is 6.61 Å². The standard InChI is InChI=1S/C21H24BrNO2/c1-14-4-9-19(12-15(14)2)25-13-20(24)23-16(3)21(10-11-21)17-5-7-18(22)8-6-17/h4-9,12,16H,10-11,13H2,1-3H3,(H,23,24). The third-order valence-electron chi connectivity index (χ3n) is 5.26. The Kier molecular flexibility index (Phi) is 5.19. The van der Waals surface area contributed by atoms with Gasteiger partial charge in [0.2, 0.25) is 0 Å². The van der Waals surface area contributed by atoms with E-state index in [2.05, 4.69) is 59.4 Å². The molecule has 0 radical (unpaired) electrons. The topological polar surface area (TPSA) is 38.3 Å². The van der Waals surface area contributed by atoms with Gasteiger partial charge in [0.25, 0.3) is 5.91 Å². The van der Waals surface area contributed by atoms with Crippen LogP contribution in [0.25, 0.3) is 0 Å². The molecule has 1 amide bonds. The van der Waals surface area contributed by atoms with Gasteiger partial charge < -0.3 is 10.1 Å². The van der Waals surface area contributed by atoms with Crippen molar-refractivity contribution < 1.29 is 9.53 Å². The average molecular weight is 402 g/mol. The zero-order valence-electron chi connectivity index (χ0n) is 14.9. The van der Waals surface area contributed by atoms with Crippen LogP contribution in [0.2, 0.25) is 0 Å². The number of amides is 1. The number of nitrogens with one attached hydrogen (secondary N) is 1. The Labute approximate surface area is 157 Å². The molecule has 1 N–H and O–H groups in total. The summed E-state index contributed by atoms with van der Waals surface area (Å²) in [7, 11) is 0. The summed E-state index contributed by atoms with van der Waals surface area (Å²) in [6, 6.07) is 14.4. The lowest BCUT2D eigenvalue weighted by Gasteiger charge is -2.25. The summed E-state index contributed by atoms with van der Waals surface area (Å²) < 4.78 is 6.72. The highest BCUT2D eigenvalue weighted by molar-refractivity contribution is 9.10. The zero-order valence-corrected chi connectivity index (χ0v) is 16.5. The fourth-order valence-corrected chi connectivity index (χ4v) is 3.53. The first-order valence-electron chi connectivity index (χ1n) is 8.66. The van der Waals surface area contributed by atoms with Crippen molar-refractivity contribution in [1.29, 1.82) is 0 Å². The molecule has 4 heteroatoms. The Morgan fingerprint density at radius 3 is 2.44 bits per heavy atom. The lowest BCUT2D eigenvalue weighted by molar-refractivity contribution is -0.123. The molecule has 1 aliphatic carbocycles. The van der Waals surface area contributed by atoms with Gasteiger partial charge in [0.05, 0.1) is 0 Å². The molecular formula is C21H24BrNO2. The fourth-order valence-electron chi connectivity index (χ4n) is 3.26. The third-order valence-corrected chi connectivity index (χ3v) is 5.79. The molecule has 2 aromatic carbocycles. The van der Waals surface area contributed by atoms with Crippen molar-refractivity contribution >= 4 is 21.8 Å². The van der Waals surface area contributed by atoms with Crippen LogP contribution in [-0.4, -0.2) is 18.6 Å². The molecule has 1 aliphatic rings.